The zero-order valence-corrected chi connectivity index (χ0v) is 14.2. The average molecular weight is 325 g/mol. The van der Waals surface area contributed by atoms with Crippen LogP contribution in [0, 0.1) is 11.3 Å². The van der Waals surface area contributed by atoms with Crippen LogP contribution in [0.5, 0.6) is 5.75 Å². The van der Waals surface area contributed by atoms with Gasteiger partial charge in [0.15, 0.2) is 0 Å². The maximum absolute atomic E-state index is 9.43. The van der Waals surface area contributed by atoms with E-state index >= 15 is 0 Å². The Bertz CT molecular complexity index is 754. The average Bonchev–Trinajstić information content (AvgIpc) is 2.59. The molecule has 23 heavy (non-hydrogen) atoms. The number of hydrogen-bond donors (Lipinski definition) is 0. The molecule has 5 heteroatoms. The van der Waals surface area contributed by atoms with Crippen molar-refractivity contribution in [3.05, 3.63) is 52.7 Å². The van der Waals surface area contributed by atoms with Gasteiger partial charge in [0.1, 0.15) is 16.8 Å². The minimum Gasteiger partial charge on any atom is -0.497 e. The Morgan fingerprint density at radius 3 is 3.04 bits per heavy atom. The number of fused-ring (bicyclic) bond motifs is 1. The Kier molecular flexibility index (Phi) is 4.85. The molecule has 0 saturated carbocycles. The molecule has 0 bridgehead atoms. The second kappa shape index (κ2) is 7.03. The molecular weight excluding hydrogens is 306 g/mol. The first-order valence-corrected chi connectivity index (χ1v) is 8.55. The molecule has 1 aliphatic heterocycles. The van der Waals surface area contributed by atoms with Crippen LogP contribution in [-0.2, 0) is 18.7 Å². The van der Waals surface area contributed by atoms with E-state index in [2.05, 4.69) is 24.1 Å². The van der Waals surface area contributed by atoms with Gasteiger partial charge >= 0.3 is 0 Å². The molecule has 0 radical (unpaired) electrons. The van der Waals surface area contributed by atoms with E-state index in [-0.39, 0.29) is 0 Å². The number of aromatic nitrogens is 1. The highest BCUT2D eigenvalue weighted by Crippen LogP contribution is 2.29. The molecule has 2 aromatic rings. The maximum atomic E-state index is 9.43. The SMILES string of the molecule is COc1cccc(CSc2nc3c(cc2C#N)CN(C)CC3)c1. The van der Waals surface area contributed by atoms with E-state index in [0.29, 0.717) is 5.56 Å². The van der Waals surface area contributed by atoms with Gasteiger partial charge in [0.2, 0.25) is 0 Å². The van der Waals surface area contributed by atoms with Crippen molar-refractivity contribution in [1.82, 2.24) is 9.88 Å². The van der Waals surface area contributed by atoms with Gasteiger partial charge in [0.25, 0.3) is 0 Å². The highest BCUT2D eigenvalue weighted by Gasteiger charge is 2.18. The largest absolute Gasteiger partial charge is 0.497 e. The first-order valence-electron chi connectivity index (χ1n) is 7.57. The number of benzene rings is 1. The fourth-order valence-electron chi connectivity index (χ4n) is 2.70. The summed E-state index contributed by atoms with van der Waals surface area (Å²) in [4.78, 5) is 7.02. The van der Waals surface area contributed by atoms with Crippen LogP contribution in [-0.4, -0.2) is 30.6 Å². The summed E-state index contributed by atoms with van der Waals surface area (Å²) in [5.74, 6) is 1.63. The minimum absolute atomic E-state index is 0.673. The van der Waals surface area contributed by atoms with Crippen molar-refractivity contribution in [1.29, 1.82) is 5.26 Å². The zero-order valence-electron chi connectivity index (χ0n) is 13.4. The van der Waals surface area contributed by atoms with Crippen molar-refractivity contribution in [3.63, 3.8) is 0 Å². The fourth-order valence-corrected chi connectivity index (χ4v) is 3.62. The highest BCUT2D eigenvalue weighted by molar-refractivity contribution is 7.98. The summed E-state index contributed by atoms with van der Waals surface area (Å²) < 4.78 is 5.25. The predicted molar refractivity (Wildman–Crippen MR) is 91.5 cm³/mol. The van der Waals surface area contributed by atoms with E-state index in [1.165, 1.54) is 5.56 Å². The standard InChI is InChI=1S/C18H19N3OS/c1-21-7-6-17-15(11-21)9-14(10-19)18(20-17)23-12-13-4-3-5-16(8-13)22-2/h3-5,8-9H,6-7,11-12H2,1-2H3. The van der Waals surface area contributed by atoms with Gasteiger partial charge in [-0.2, -0.15) is 5.26 Å². The molecule has 0 spiro atoms. The molecule has 1 aliphatic rings. The van der Waals surface area contributed by atoms with Crippen LogP contribution in [0.3, 0.4) is 0 Å². The number of nitriles is 1. The molecule has 0 fully saturated rings. The van der Waals surface area contributed by atoms with Crippen molar-refractivity contribution < 1.29 is 4.74 Å². The first kappa shape index (κ1) is 15.9. The summed E-state index contributed by atoms with van der Waals surface area (Å²) in [5, 5.41) is 10.3. The van der Waals surface area contributed by atoms with Crippen molar-refractivity contribution in [2.24, 2.45) is 0 Å². The number of nitrogens with zero attached hydrogens (tertiary/aromatic N) is 3. The molecule has 3 rings (SSSR count). The van der Waals surface area contributed by atoms with Gasteiger partial charge in [0.05, 0.1) is 12.7 Å². The third-order valence-electron chi connectivity index (χ3n) is 3.96. The van der Waals surface area contributed by atoms with Gasteiger partial charge in [-0.25, -0.2) is 4.98 Å². The Balaban J connectivity index is 1.81. The Labute approximate surface area is 141 Å². The highest BCUT2D eigenvalue weighted by atomic mass is 32.2. The van der Waals surface area contributed by atoms with Crippen LogP contribution < -0.4 is 4.74 Å². The topological polar surface area (TPSA) is 49.1 Å². The molecule has 0 N–H and O–H groups in total. The molecular formula is C18H19N3OS. The summed E-state index contributed by atoms with van der Waals surface area (Å²) in [6, 6.07) is 12.3. The number of pyridine rings is 1. The van der Waals surface area contributed by atoms with E-state index in [1.807, 2.05) is 24.3 Å². The van der Waals surface area contributed by atoms with Crippen molar-refractivity contribution >= 4 is 11.8 Å². The van der Waals surface area contributed by atoms with Gasteiger partial charge in [-0.05, 0) is 36.4 Å². The van der Waals surface area contributed by atoms with E-state index < -0.39 is 0 Å². The number of rotatable bonds is 4. The number of hydrogen-bond acceptors (Lipinski definition) is 5. The number of thioether (sulfide) groups is 1. The molecule has 1 aromatic heterocycles. The van der Waals surface area contributed by atoms with Crippen LogP contribution in [0.4, 0.5) is 0 Å². The lowest BCUT2D eigenvalue weighted by atomic mass is 10.0. The number of ether oxygens (including phenoxy) is 1. The quantitative estimate of drug-likeness (QED) is 0.808. The van der Waals surface area contributed by atoms with Gasteiger partial charge in [-0.3, -0.25) is 0 Å². The van der Waals surface area contributed by atoms with Crippen LogP contribution in [0.15, 0.2) is 35.4 Å². The van der Waals surface area contributed by atoms with Crippen molar-refractivity contribution in [3.8, 4) is 11.8 Å². The maximum Gasteiger partial charge on any atom is 0.119 e. The summed E-state index contributed by atoms with van der Waals surface area (Å²) >= 11 is 1.61. The summed E-state index contributed by atoms with van der Waals surface area (Å²) in [7, 11) is 3.77. The summed E-state index contributed by atoms with van der Waals surface area (Å²) in [5.41, 5.74) is 4.15. The molecule has 0 atom stereocenters. The fraction of sp³-hybridized carbons (Fsp3) is 0.333. The van der Waals surface area contributed by atoms with Crippen LogP contribution in [0.2, 0.25) is 0 Å². The monoisotopic (exact) mass is 325 g/mol. The lowest BCUT2D eigenvalue weighted by Gasteiger charge is -2.24. The molecule has 0 amide bonds. The smallest absolute Gasteiger partial charge is 0.119 e. The van der Waals surface area contributed by atoms with Gasteiger partial charge < -0.3 is 9.64 Å². The molecule has 2 heterocycles. The van der Waals surface area contributed by atoms with Gasteiger partial charge in [0, 0.05) is 31.0 Å². The normalized spacial score (nSPS) is 14.1. The Morgan fingerprint density at radius 2 is 2.26 bits per heavy atom. The van der Waals surface area contributed by atoms with E-state index in [0.717, 1.165) is 47.3 Å². The summed E-state index contributed by atoms with van der Waals surface area (Å²) in [6.45, 7) is 1.89. The van der Waals surface area contributed by atoms with E-state index in [9.17, 15) is 5.26 Å². The molecule has 0 aliphatic carbocycles. The molecule has 1 aromatic carbocycles. The molecule has 118 valence electrons. The Morgan fingerprint density at radius 1 is 1.39 bits per heavy atom. The van der Waals surface area contributed by atoms with Crippen LogP contribution in [0.1, 0.15) is 22.4 Å². The van der Waals surface area contributed by atoms with Crippen LogP contribution >= 0.6 is 11.8 Å². The van der Waals surface area contributed by atoms with Crippen molar-refractivity contribution in [2.45, 2.75) is 23.7 Å². The number of methoxy groups -OCH3 is 1. The van der Waals surface area contributed by atoms with Crippen molar-refractivity contribution in [2.75, 3.05) is 20.7 Å². The van der Waals surface area contributed by atoms with E-state index in [4.69, 9.17) is 9.72 Å². The molecule has 0 saturated heterocycles. The Hall–Kier alpha value is -2.03. The third kappa shape index (κ3) is 3.66. The molecule has 0 unspecified atom stereocenters. The van der Waals surface area contributed by atoms with Gasteiger partial charge in [-0.1, -0.05) is 12.1 Å². The van der Waals surface area contributed by atoms with Crippen LogP contribution in [0.25, 0.3) is 0 Å². The second-order valence-electron chi connectivity index (χ2n) is 5.69. The second-order valence-corrected chi connectivity index (χ2v) is 6.65. The third-order valence-corrected chi connectivity index (χ3v) is 5.02. The molecule has 4 nitrogen and oxygen atoms in total. The zero-order chi connectivity index (χ0) is 16.2. The minimum atomic E-state index is 0.673. The lowest BCUT2D eigenvalue weighted by Crippen LogP contribution is -2.27. The lowest BCUT2D eigenvalue weighted by molar-refractivity contribution is 0.309. The number of likely N-dealkylation sites (N-methyl/N-ethyl adjacent to an activating group) is 1. The van der Waals surface area contributed by atoms with E-state index in [1.54, 1.807) is 18.9 Å². The predicted octanol–water partition coefficient (Wildman–Crippen LogP) is 3.24. The summed E-state index contributed by atoms with van der Waals surface area (Å²) in [6.07, 6.45) is 0.949. The first-order chi connectivity index (χ1) is 11.2. The van der Waals surface area contributed by atoms with Gasteiger partial charge in [-0.15, -0.1) is 11.8 Å².